The smallest absolute Gasteiger partial charge is 0.138 e. The predicted octanol–water partition coefficient (Wildman–Crippen LogP) is 2.29. The van der Waals surface area contributed by atoms with Crippen LogP contribution in [0.1, 0.15) is 5.69 Å². The van der Waals surface area contributed by atoms with Crippen LogP contribution in [-0.4, -0.2) is 19.2 Å². The van der Waals surface area contributed by atoms with Gasteiger partial charge in [-0.1, -0.05) is 11.2 Å². The van der Waals surface area contributed by atoms with Crippen LogP contribution in [0.25, 0.3) is 10.9 Å². The molecular weight excluding hydrogens is 319 g/mol. The second kappa shape index (κ2) is 5.17. The zero-order valence-corrected chi connectivity index (χ0v) is 12.8. The van der Waals surface area contributed by atoms with E-state index in [-0.39, 0.29) is 41.3 Å². The number of ether oxygens (including phenoxy) is 2. The van der Waals surface area contributed by atoms with Crippen LogP contribution in [-0.2, 0) is 0 Å². The number of aryl methyl sites for hydroxylation is 1. The van der Waals surface area contributed by atoms with Crippen LogP contribution in [0.3, 0.4) is 0 Å². The van der Waals surface area contributed by atoms with Gasteiger partial charge in [0.1, 0.15) is 11.5 Å². The molecular formula is C11H12NO2Pr-. The number of fused-ring (bicyclic) bond motifs is 1. The fraction of sp³-hybridized carbons (Fsp3) is 0.273. The van der Waals surface area contributed by atoms with E-state index < -0.39 is 0 Å². The minimum Gasteiger partial charge on any atom is -0.506 e. The van der Waals surface area contributed by atoms with E-state index in [4.69, 9.17) is 9.47 Å². The Kier molecular flexibility index (Phi) is 4.41. The summed E-state index contributed by atoms with van der Waals surface area (Å²) in [6.07, 6.45) is 0. The Balaban J connectivity index is 0.00000112. The Hall–Kier alpha value is -0.276. The van der Waals surface area contributed by atoms with Crippen molar-refractivity contribution in [2.45, 2.75) is 6.92 Å². The molecule has 1 radical (unpaired) electrons. The van der Waals surface area contributed by atoms with Crippen molar-refractivity contribution in [1.82, 2.24) is 4.98 Å². The van der Waals surface area contributed by atoms with Crippen molar-refractivity contribution in [3.63, 3.8) is 0 Å². The summed E-state index contributed by atoms with van der Waals surface area (Å²) in [4.78, 5) is 3.19. The molecule has 3 nitrogen and oxygen atoms in total. The topological polar surface area (TPSA) is 34.2 Å². The fourth-order valence-corrected chi connectivity index (χ4v) is 1.52. The molecule has 0 atom stereocenters. The Labute approximate surface area is 122 Å². The summed E-state index contributed by atoms with van der Waals surface area (Å²) >= 11 is 0. The molecule has 77 valence electrons. The summed E-state index contributed by atoms with van der Waals surface area (Å²) in [6.45, 7) is 1.97. The minimum absolute atomic E-state index is 0. The van der Waals surface area contributed by atoms with Crippen LogP contribution >= 0.6 is 0 Å². The summed E-state index contributed by atoms with van der Waals surface area (Å²) in [5.74, 6) is 1.46. The first-order valence-electron chi connectivity index (χ1n) is 4.38. The molecule has 1 heterocycles. The van der Waals surface area contributed by atoms with Gasteiger partial charge in [-0.25, -0.2) is 0 Å². The van der Waals surface area contributed by atoms with Gasteiger partial charge in [-0.15, -0.1) is 6.07 Å². The molecule has 0 fully saturated rings. The third-order valence-corrected chi connectivity index (χ3v) is 2.17. The van der Waals surface area contributed by atoms with Gasteiger partial charge in [-0.05, 0) is 13.0 Å². The molecule has 0 aliphatic rings. The van der Waals surface area contributed by atoms with E-state index in [2.05, 4.69) is 11.1 Å². The Morgan fingerprint density at radius 2 is 1.73 bits per heavy atom. The van der Waals surface area contributed by atoms with Gasteiger partial charge in [0.15, 0.2) is 0 Å². The fourth-order valence-electron chi connectivity index (χ4n) is 1.52. The molecule has 0 spiro atoms. The number of H-pyrrole nitrogens is 1. The number of benzene rings is 1. The average Bonchev–Trinajstić information content (AvgIpc) is 2.54. The van der Waals surface area contributed by atoms with E-state index in [9.17, 15) is 0 Å². The minimum atomic E-state index is 0. The van der Waals surface area contributed by atoms with Crippen LogP contribution in [0.5, 0.6) is 11.5 Å². The Morgan fingerprint density at radius 3 is 2.33 bits per heavy atom. The van der Waals surface area contributed by atoms with Gasteiger partial charge in [0.2, 0.25) is 0 Å². The first kappa shape index (κ1) is 12.8. The molecule has 0 unspecified atom stereocenters. The number of nitrogens with one attached hydrogen (secondary N) is 1. The van der Waals surface area contributed by atoms with E-state index in [0.29, 0.717) is 0 Å². The number of methoxy groups -OCH3 is 2. The molecule has 0 bridgehead atoms. The number of hydrogen-bond acceptors (Lipinski definition) is 2. The zero-order valence-electron chi connectivity index (χ0n) is 9.05. The summed E-state index contributed by atoms with van der Waals surface area (Å²) in [6, 6.07) is 7.02. The maximum Gasteiger partial charge on any atom is 0.138 e. The maximum atomic E-state index is 5.19. The van der Waals surface area contributed by atoms with Crippen molar-refractivity contribution in [2.75, 3.05) is 14.2 Å². The van der Waals surface area contributed by atoms with Crippen molar-refractivity contribution in [1.29, 1.82) is 0 Å². The van der Waals surface area contributed by atoms with E-state index >= 15 is 0 Å². The van der Waals surface area contributed by atoms with Crippen molar-refractivity contribution >= 4 is 10.9 Å². The van der Waals surface area contributed by atoms with Crippen LogP contribution in [0.15, 0.2) is 12.1 Å². The average molecular weight is 331 g/mol. The molecule has 0 saturated carbocycles. The zero-order chi connectivity index (χ0) is 10.1. The third-order valence-electron chi connectivity index (χ3n) is 2.17. The van der Waals surface area contributed by atoms with E-state index in [1.165, 1.54) is 0 Å². The Bertz CT molecular complexity index is 424. The summed E-state index contributed by atoms with van der Waals surface area (Å²) < 4.78 is 10.4. The van der Waals surface area contributed by atoms with Gasteiger partial charge in [-0.3, -0.25) is 0 Å². The van der Waals surface area contributed by atoms with Gasteiger partial charge in [0, 0.05) is 41.3 Å². The van der Waals surface area contributed by atoms with E-state index in [1.807, 2.05) is 19.1 Å². The number of hydrogen-bond donors (Lipinski definition) is 1. The van der Waals surface area contributed by atoms with Crippen molar-refractivity contribution in [3.8, 4) is 11.5 Å². The van der Waals surface area contributed by atoms with Gasteiger partial charge in [0.05, 0.1) is 14.2 Å². The van der Waals surface area contributed by atoms with Crippen LogP contribution in [0.2, 0.25) is 0 Å². The first-order valence-corrected chi connectivity index (χ1v) is 4.38. The van der Waals surface area contributed by atoms with Crippen LogP contribution in [0, 0.1) is 54.3 Å². The molecule has 4 heteroatoms. The van der Waals surface area contributed by atoms with Crippen molar-refractivity contribution in [2.24, 2.45) is 0 Å². The quantitative estimate of drug-likeness (QED) is 0.857. The molecule has 1 aromatic heterocycles. The van der Waals surface area contributed by atoms with Gasteiger partial charge in [0.25, 0.3) is 0 Å². The molecule has 1 aromatic carbocycles. The van der Waals surface area contributed by atoms with Crippen LogP contribution < -0.4 is 9.47 Å². The monoisotopic (exact) mass is 331 g/mol. The summed E-state index contributed by atoms with van der Waals surface area (Å²) in [5.41, 5.74) is 2.02. The van der Waals surface area contributed by atoms with Crippen LogP contribution in [0.4, 0.5) is 0 Å². The number of rotatable bonds is 2. The molecule has 1 N–H and O–H groups in total. The van der Waals surface area contributed by atoms with Crippen molar-refractivity contribution in [3.05, 3.63) is 23.9 Å². The molecule has 0 aliphatic heterocycles. The van der Waals surface area contributed by atoms with Gasteiger partial charge in [-0.2, -0.15) is 11.5 Å². The normalized spacial score (nSPS) is 9.80. The first-order chi connectivity index (χ1) is 6.74. The largest absolute Gasteiger partial charge is 0.506 e. The van der Waals surface area contributed by atoms with Gasteiger partial charge >= 0.3 is 0 Å². The molecule has 0 saturated heterocycles. The molecule has 0 amide bonds. The predicted molar refractivity (Wildman–Crippen MR) is 55.0 cm³/mol. The number of aromatic amines is 1. The second-order valence-electron chi connectivity index (χ2n) is 3.13. The maximum absolute atomic E-state index is 5.19. The molecule has 0 aliphatic carbocycles. The second-order valence-corrected chi connectivity index (χ2v) is 3.13. The van der Waals surface area contributed by atoms with E-state index in [1.54, 1.807) is 14.2 Å². The third kappa shape index (κ3) is 2.45. The SMILES string of the molecule is COc1cc2[c-]c(C)[nH]c2cc1OC.[Pr]. The molecule has 15 heavy (non-hydrogen) atoms. The molecule has 2 aromatic rings. The number of aromatic nitrogens is 1. The summed E-state index contributed by atoms with van der Waals surface area (Å²) in [5, 5.41) is 1.01. The summed E-state index contributed by atoms with van der Waals surface area (Å²) in [7, 11) is 3.26. The van der Waals surface area contributed by atoms with E-state index in [0.717, 1.165) is 28.1 Å². The van der Waals surface area contributed by atoms with Gasteiger partial charge < -0.3 is 14.5 Å². The Morgan fingerprint density at radius 1 is 1.13 bits per heavy atom. The van der Waals surface area contributed by atoms with Crippen molar-refractivity contribution < 1.29 is 50.8 Å². The standard InChI is InChI=1S/C11H12NO2.Pr/c1-7-4-8-5-10(13-2)11(14-3)6-9(8)12-7;/h5-6,12H,1-3H3;/q-1;. The molecule has 2 rings (SSSR count).